The van der Waals surface area contributed by atoms with Gasteiger partial charge in [0.25, 0.3) is 5.91 Å². The SMILES string of the molecule is CCCc1nc(Nc2cc(-c3c[nH]ccc3=O)nc(C)c2C=N)cc2c1c(C)c(C(=O)N1CCN(CC)CC1)n2C. The normalized spacial score (nSPS) is 14.0. The van der Waals surface area contributed by atoms with Crippen molar-refractivity contribution in [3.05, 3.63) is 69.0 Å². The van der Waals surface area contributed by atoms with Crippen LogP contribution in [0.2, 0.25) is 0 Å². The molecule has 41 heavy (non-hydrogen) atoms. The number of fused-ring (bicyclic) bond motifs is 1. The van der Waals surface area contributed by atoms with Gasteiger partial charge in [-0.05, 0) is 38.4 Å². The second-order valence-corrected chi connectivity index (χ2v) is 10.6. The fourth-order valence-corrected chi connectivity index (χ4v) is 5.81. The van der Waals surface area contributed by atoms with Gasteiger partial charge in [-0.2, -0.15) is 0 Å². The van der Waals surface area contributed by atoms with E-state index in [1.807, 2.05) is 36.4 Å². The zero-order chi connectivity index (χ0) is 29.3. The van der Waals surface area contributed by atoms with Crippen LogP contribution in [0.1, 0.15) is 53.3 Å². The lowest BCUT2D eigenvalue weighted by atomic mass is 10.1. The minimum Gasteiger partial charge on any atom is -0.367 e. The molecule has 0 saturated carbocycles. The van der Waals surface area contributed by atoms with Gasteiger partial charge < -0.3 is 30.1 Å². The van der Waals surface area contributed by atoms with Crippen LogP contribution in [0.15, 0.2) is 35.4 Å². The highest BCUT2D eigenvalue weighted by atomic mass is 16.2. The Bertz CT molecular complexity index is 1680. The van der Waals surface area contributed by atoms with Gasteiger partial charge in [0.05, 0.1) is 28.2 Å². The maximum atomic E-state index is 13.8. The number of piperazine rings is 1. The molecule has 5 heterocycles. The molecule has 214 valence electrons. The van der Waals surface area contributed by atoms with Gasteiger partial charge in [-0.1, -0.05) is 20.3 Å². The van der Waals surface area contributed by atoms with Crippen LogP contribution in [0.5, 0.6) is 0 Å². The van der Waals surface area contributed by atoms with Crippen molar-refractivity contribution in [2.45, 2.75) is 40.5 Å². The number of aromatic nitrogens is 4. The first kappa shape index (κ1) is 28.2. The van der Waals surface area contributed by atoms with Crippen LogP contribution in [-0.2, 0) is 13.5 Å². The number of pyridine rings is 3. The first-order chi connectivity index (χ1) is 19.8. The maximum Gasteiger partial charge on any atom is 0.270 e. The second-order valence-electron chi connectivity index (χ2n) is 10.6. The third kappa shape index (κ3) is 5.27. The van der Waals surface area contributed by atoms with Crippen LogP contribution in [0.3, 0.4) is 0 Å². The minimum atomic E-state index is -0.137. The van der Waals surface area contributed by atoms with Gasteiger partial charge in [0, 0.05) is 80.6 Å². The van der Waals surface area contributed by atoms with E-state index in [0.29, 0.717) is 39.7 Å². The van der Waals surface area contributed by atoms with Crippen molar-refractivity contribution in [2.75, 3.05) is 38.0 Å². The van der Waals surface area contributed by atoms with E-state index in [1.165, 1.54) is 12.3 Å². The maximum absolute atomic E-state index is 13.8. The molecule has 10 nitrogen and oxygen atoms in total. The van der Waals surface area contributed by atoms with Crippen LogP contribution in [0, 0.1) is 19.3 Å². The standard InChI is InChI=1S/C31H38N8O2/c1-6-8-23-29-19(3)30(31(41)39-13-11-38(7-2)12-14-39)37(5)26(29)16-28(35-23)36-24-15-25(34-20(4)21(24)17-32)22-18-33-10-9-27(22)40/h9-10,15-18,32H,6-8,11-14H2,1-5H3,(H,33,40)(H,34,35,36). The Morgan fingerprint density at radius 1 is 1.15 bits per heavy atom. The summed E-state index contributed by atoms with van der Waals surface area (Å²) in [5, 5.41) is 12.5. The highest BCUT2D eigenvalue weighted by molar-refractivity contribution is 6.03. The molecule has 0 aliphatic carbocycles. The monoisotopic (exact) mass is 554 g/mol. The largest absolute Gasteiger partial charge is 0.367 e. The van der Waals surface area contributed by atoms with Crippen molar-refractivity contribution in [3.63, 3.8) is 0 Å². The molecule has 0 radical (unpaired) electrons. The van der Waals surface area contributed by atoms with Gasteiger partial charge in [-0.15, -0.1) is 0 Å². The molecule has 1 saturated heterocycles. The number of aromatic amines is 1. The molecule has 3 N–H and O–H groups in total. The number of aryl methyl sites for hydroxylation is 4. The van der Waals surface area contributed by atoms with Crippen molar-refractivity contribution in [3.8, 4) is 11.3 Å². The molecule has 1 aliphatic heterocycles. The third-order valence-electron chi connectivity index (χ3n) is 8.05. The Balaban J connectivity index is 1.58. The van der Waals surface area contributed by atoms with Gasteiger partial charge >= 0.3 is 0 Å². The smallest absolute Gasteiger partial charge is 0.270 e. The number of carbonyl (C=O) groups is 1. The molecule has 10 heteroatoms. The predicted molar refractivity (Wildman–Crippen MR) is 164 cm³/mol. The zero-order valence-corrected chi connectivity index (χ0v) is 24.5. The summed E-state index contributed by atoms with van der Waals surface area (Å²) in [6, 6.07) is 5.22. The molecule has 0 aromatic carbocycles. The molecule has 4 aromatic rings. The Morgan fingerprint density at radius 2 is 1.90 bits per heavy atom. The van der Waals surface area contributed by atoms with Gasteiger partial charge in [0.2, 0.25) is 0 Å². The molecule has 0 atom stereocenters. The number of H-pyrrole nitrogens is 1. The van der Waals surface area contributed by atoms with Crippen LogP contribution in [-0.4, -0.2) is 74.2 Å². The Labute approximate surface area is 239 Å². The molecule has 1 aliphatic rings. The quantitative estimate of drug-likeness (QED) is 0.277. The van der Waals surface area contributed by atoms with Crippen LogP contribution in [0.4, 0.5) is 11.5 Å². The van der Waals surface area contributed by atoms with Crippen molar-refractivity contribution in [2.24, 2.45) is 7.05 Å². The first-order valence-electron chi connectivity index (χ1n) is 14.2. The minimum absolute atomic E-state index is 0.0579. The fourth-order valence-electron chi connectivity index (χ4n) is 5.81. The second kappa shape index (κ2) is 11.7. The van der Waals surface area contributed by atoms with Crippen molar-refractivity contribution < 1.29 is 4.79 Å². The number of likely N-dealkylation sites (N-methyl/N-ethyl adjacent to an activating group) is 1. The van der Waals surface area contributed by atoms with E-state index in [1.54, 1.807) is 18.5 Å². The number of rotatable bonds is 8. The zero-order valence-electron chi connectivity index (χ0n) is 24.5. The van der Waals surface area contributed by atoms with E-state index in [2.05, 4.69) is 34.0 Å². The molecule has 1 amide bonds. The Morgan fingerprint density at radius 3 is 2.56 bits per heavy atom. The number of amides is 1. The molecule has 5 rings (SSSR count). The van der Waals surface area contributed by atoms with Crippen LogP contribution >= 0.6 is 0 Å². The summed E-state index contributed by atoms with van der Waals surface area (Å²) in [5.41, 5.74) is 6.22. The summed E-state index contributed by atoms with van der Waals surface area (Å²) >= 11 is 0. The van der Waals surface area contributed by atoms with E-state index in [-0.39, 0.29) is 11.3 Å². The Hall–Kier alpha value is -4.31. The van der Waals surface area contributed by atoms with Crippen LogP contribution in [0.25, 0.3) is 22.2 Å². The van der Waals surface area contributed by atoms with Crippen molar-refractivity contribution >= 4 is 34.5 Å². The topological polar surface area (TPSA) is 123 Å². The van der Waals surface area contributed by atoms with Gasteiger partial charge in [0.1, 0.15) is 11.5 Å². The number of nitrogens with one attached hydrogen (secondary N) is 3. The lowest BCUT2D eigenvalue weighted by molar-refractivity contribution is 0.0633. The first-order valence-corrected chi connectivity index (χ1v) is 14.2. The van der Waals surface area contributed by atoms with Crippen molar-refractivity contribution in [1.82, 2.24) is 29.3 Å². The Kier molecular flexibility index (Phi) is 8.03. The summed E-state index contributed by atoms with van der Waals surface area (Å²) in [5.74, 6) is 0.668. The summed E-state index contributed by atoms with van der Waals surface area (Å²) < 4.78 is 2.00. The molecule has 4 aromatic heterocycles. The number of hydrogen-bond donors (Lipinski definition) is 3. The fraction of sp³-hybridized carbons (Fsp3) is 0.387. The van der Waals surface area contributed by atoms with E-state index < -0.39 is 0 Å². The lowest BCUT2D eigenvalue weighted by Crippen LogP contribution is -2.48. The summed E-state index contributed by atoms with van der Waals surface area (Å²) in [6.07, 6.45) is 6.15. The number of hydrogen-bond acceptors (Lipinski definition) is 7. The molecule has 0 unspecified atom stereocenters. The predicted octanol–water partition coefficient (Wildman–Crippen LogP) is 4.41. The van der Waals surface area contributed by atoms with Gasteiger partial charge in [-0.3, -0.25) is 14.6 Å². The van der Waals surface area contributed by atoms with E-state index in [0.717, 1.165) is 67.7 Å². The van der Waals surface area contributed by atoms with E-state index in [4.69, 9.17) is 10.4 Å². The average molecular weight is 555 g/mol. The molecule has 0 spiro atoms. The summed E-state index contributed by atoms with van der Waals surface area (Å²) in [6.45, 7) is 12.3. The van der Waals surface area contributed by atoms with Crippen LogP contribution < -0.4 is 10.7 Å². The molecule has 1 fully saturated rings. The average Bonchev–Trinajstić information content (AvgIpc) is 3.22. The van der Waals surface area contributed by atoms with Gasteiger partial charge in [-0.25, -0.2) is 4.98 Å². The number of anilines is 2. The van der Waals surface area contributed by atoms with Gasteiger partial charge in [0.15, 0.2) is 5.43 Å². The molecule has 0 bridgehead atoms. The highest BCUT2D eigenvalue weighted by Gasteiger charge is 2.28. The highest BCUT2D eigenvalue weighted by Crippen LogP contribution is 2.33. The number of nitrogens with zero attached hydrogens (tertiary/aromatic N) is 5. The lowest BCUT2D eigenvalue weighted by Gasteiger charge is -2.34. The van der Waals surface area contributed by atoms with Crippen molar-refractivity contribution in [1.29, 1.82) is 5.41 Å². The third-order valence-corrected chi connectivity index (χ3v) is 8.05. The summed E-state index contributed by atoms with van der Waals surface area (Å²) in [4.78, 5) is 43.2. The molecular formula is C31H38N8O2. The number of carbonyl (C=O) groups excluding carboxylic acids is 1. The summed E-state index contributed by atoms with van der Waals surface area (Å²) in [7, 11) is 1.95. The van der Waals surface area contributed by atoms with E-state index in [9.17, 15) is 9.59 Å². The molecular weight excluding hydrogens is 516 g/mol. The van der Waals surface area contributed by atoms with E-state index >= 15 is 0 Å².